The minimum Gasteiger partial charge on any atom is -0.382 e. The zero-order valence-electron chi connectivity index (χ0n) is 12.6. The molecule has 1 atom stereocenters. The lowest BCUT2D eigenvalue weighted by Gasteiger charge is -2.36. The van der Waals surface area contributed by atoms with Crippen LogP contribution in [0.5, 0.6) is 0 Å². The summed E-state index contributed by atoms with van der Waals surface area (Å²) in [6, 6.07) is 0.749. The lowest BCUT2D eigenvalue weighted by Crippen LogP contribution is -2.46. The molecule has 1 unspecified atom stereocenters. The molecule has 1 N–H and O–H groups in total. The zero-order valence-corrected chi connectivity index (χ0v) is 12.6. The zero-order chi connectivity index (χ0) is 13.2. The first-order chi connectivity index (χ1) is 8.74. The fraction of sp³-hybridized carbons (Fsp3) is 1.00. The van der Waals surface area contributed by atoms with E-state index in [1.54, 1.807) is 0 Å². The van der Waals surface area contributed by atoms with Crippen molar-refractivity contribution in [3.8, 4) is 0 Å². The molecular formula is C15H32N2O. The van der Waals surface area contributed by atoms with Crippen LogP contribution in [0.1, 0.15) is 46.5 Å². The van der Waals surface area contributed by atoms with Gasteiger partial charge in [-0.05, 0) is 45.2 Å². The quantitative estimate of drug-likeness (QED) is 0.642. The predicted molar refractivity (Wildman–Crippen MR) is 78.0 cm³/mol. The maximum absolute atomic E-state index is 5.43. The molecule has 108 valence electrons. The van der Waals surface area contributed by atoms with Gasteiger partial charge in [0, 0.05) is 32.3 Å². The number of piperidine rings is 1. The molecule has 3 nitrogen and oxygen atoms in total. The molecule has 1 rings (SSSR count). The SMILES string of the molecule is CCOCCCN1CCCCC1CNCC(C)C. The molecule has 0 amide bonds. The summed E-state index contributed by atoms with van der Waals surface area (Å²) in [6.45, 7) is 13.2. The Bertz CT molecular complexity index is 197. The van der Waals surface area contributed by atoms with Crippen molar-refractivity contribution < 1.29 is 4.74 Å². The molecule has 0 aliphatic carbocycles. The van der Waals surface area contributed by atoms with Gasteiger partial charge in [0.15, 0.2) is 0 Å². The molecule has 1 fully saturated rings. The first-order valence-corrected chi connectivity index (χ1v) is 7.76. The Morgan fingerprint density at radius 2 is 2.17 bits per heavy atom. The predicted octanol–water partition coefficient (Wildman–Crippen LogP) is 2.51. The number of likely N-dealkylation sites (tertiary alicyclic amines) is 1. The first-order valence-electron chi connectivity index (χ1n) is 7.76. The van der Waals surface area contributed by atoms with Crippen LogP contribution in [-0.2, 0) is 4.74 Å². The third-order valence-electron chi connectivity index (χ3n) is 3.62. The van der Waals surface area contributed by atoms with Crippen molar-refractivity contribution in [3.63, 3.8) is 0 Å². The molecule has 1 heterocycles. The molecule has 0 aromatic carbocycles. The summed E-state index contributed by atoms with van der Waals surface area (Å²) in [5.74, 6) is 0.750. The number of ether oxygens (including phenoxy) is 1. The van der Waals surface area contributed by atoms with Crippen LogP contribution in [-0.4, -0.2) is 50.3 Å². The average molecular weight is 256 g/mol. The van der Waals surface area contributed by atoms with Crippen LogP contribution in [0.15, 0.2) is 0 Å². The van der Waals surface area contributed by atoms with Gasteiger partial charge in [0.25, 0.3) is 0 Å². The van der Waals surface area contributed by atoms with Gasteiger partial charge in [-0.25, -0.2) is 0 Å². The van der Waals surface area contributed by atoms with Gasteiger partial charge in [-0.2, -0.15) is 0 Å². The maximum atomic E-state index is 5.43. The van der Waals surface area contributed by atoms with Crippen LogP contribution in [0.4, 0.5) is 0 Å². The Hall–Kier alpha value is -0.120. The molecule has 1 saturated heterocycles. The second-order valence-corrected chi connectivity index (χ2v) is 5.79. The van der Waals surface area contributed by atoms with Crippen molar-refractivity contribution in [2.45, 2.75) is 52.5 Å². The van der Waals surface area contributed by atoms with E-state index in [4.69, 9.17) is 4.74 Å². The van der Waals surface area contributed by atoms with Crippen molar-refractivity contribution in [1.29, 1.82) is 0 Å². The Balaban J connectivity index is 2.19. The fourth-order valence-corrected chi connectivity index (χ4v) is 2.64. The number of nitrogens with one attached hydrogen (secondary N) is 1. The molecule has 0 aromatic heterocycles. The van der Waals surface area contributed by atoms with Crippen molar-refractivity contribution in [2.24, 2.45) is 5.92 Å². The van der Waals surface area contributed by atoms with Gasteiger partial charge in [-0.15, -0.1) is 0 Å². The minimum atomic E-state index is 0.749. The smallest absolute Gasteiger partial charge is 0.0478 e. The molecule has 18 heavy (non-hydrogen) atoms. The van der Waals surface area contributed by atoms with E-state index in [9.17, 15) is 0 Å². The average Bonchev–Trinajstić information content (AvgIpc) is 2.36. The van der Waals surface area contributed by atoms with Gasteiger partial charge >= 0.3 is 0 Å². The highest BCUT2D eigenvalue weighted by atomic mass is 16.5. The summed E-state index contributed by atoms with van der Waals surface area (Å²) in [7, 11) is 0. The van der Waals surface area contributed by atoms with Crippen LogP contribution in [0, 0.1) is 5.92 Å². The van der Waals surface area contributed by atoms with Crippen molar-refractivity contribution in [2.75, 3.05) is 39.4 Å². The minimum absolute atomic E-state index is 0.749. The molecule has 0 radical (unpaired) electrons. The molecule has 0 spiro atoms. The lowest BCUT2D eigenvalue weighted by molar-refractivity contribution is 0.104. The highest BCUT2D eigenvalue weighted by Gasteiger charge is 2.21. The van der Waals surface area contributed by atoms with Gasteiger partial charge in [-0.1, -0.05) is 20.3 Å². The monoisotopic (exact) mass is 256 g/mol. The Morgan fingerprint density at radius 3 is 2.89 bits per heavy atom. The van der Waals surface area contributed by atoms with E-state index in [0.29, 0.717) is 0 Å². The standard InChI is InChI=1S/C15H32N2O/c1-4-18-11-7-10-17-9-6-5-8-15(17)13-16-12-14(2)3/h14-16H,4-13H2,1-3H3. The second-order valence-electron chi connectivity index (χ2n) is 5.79. The first kappa shape index (κ1) is 15.9. The summed E-state index contributed by atoms with van der Waals surface area (Å²) in [5.41, 5.74) is 0. The van der Waals surface area contributed by atoms with E-state index in [-0.39, 0.29) is 0 Å². The molecule has 0 saturated carbocycles. The Morgan fingerprint density at radius 1 is 1.33 bits per heavy atom. The van der Waals surface area contributed by atoms with E-state index in [1.165, 1.54) is 38.8 Å². The summed E-state index contributed by atoms with van der Waals surface area (Å²) >= 11 is 0. The van der Waals surface area contributed by atoms with Crippen molar-refractivity contribution in [1.82, 2.24) is 10.2 Å². The molecule has 3 heteroatoms. The highest BCUT2D eigenvalue weighted by Crippen LogP contribution is 2.16. The van der Waals surface area contributed by atoms with Crippen molar-refractivity contribution in [3.05, 3.63) is 0 Å². The molecule has 1 aliphatic heterocycles. The second kappa shape index (κ2) is 9.76. The van der Waals surface area contributed by atoms with E-state index in [2.05, 4.69) is 31.0 Å². The summed E-state index contributed by atoms with van der Waals surface area (Å²) in [6.07, 6.45) is 5.31. The summed E-state index contributed by atoms with van der Waals surface area (Å²) in [4.78, 5) is 2.66. The third-order valence-corrected chi connectivity index (χ3v) is 3.62. The van der Waals surface area contributed by atoms with Crippen molar-refractivity contribution >= 4 is 0 Å². The Kier molecular flexibility index (Phi) is 8.64. The van der Waals surface area contributed by atoms with E-state index < -0.39 is 0 Å². The summed E-state index contributed by atoms with van der Waals surface area (Å²) in [5, 5.41) is 3.61. The summed E-state index contributed by atoms with van der Waals surface area (Å²) < 4.78 is 5.43. The van der Waals surface area contributed by atoms with Crippen LogP contribution >= 0.6 is 0 Å². The topological polar surface area (TPSA) is 24.5 Å². The van der Waals surface area contributed by atoms with Crippen LogP contribution in [0.2, 0.25) is 0 Å². The molecule has 1 aliphatic rings. The van der Waals surface area contributed by atoms with E-state index in [1.807, 2.05) is 0 Å². The van der Waals surface area contributed by atoms with Gasteiger partial charge in [-0.3, -0.25) is 4.90 Å². The molecule has 0 aromatic rings. The maximum Gasteiger partial charge on any atom is 0.0478 e. The van der Waals surface area contributed by atoms with E-state index >= 15 is 0 Å². The third kappa shape index (κ3) is 6.72. The largest absolute Gasteiger partial charge is 0.382 e. The van der Waals surface area contributed by atoms with Gasteiger partial charge < -0.3 is 10.1 Å². The highest BCUT2D eigenvalue weighted by molar-refractivity contribution is 4.78. The number of hydrogen-bond acceptors (Lipinski definition) is 3. The number of hydrogen-bond donors (Lipinski definition) is 1. The van der Waals surface area contributed by atoms with Crippen LogP contribution in [0.25, 0.3) is 0 Å². The Labute approximate surface area is 113 Å². The van der Waals surface area contributed by atoms with Gasteiger partial charge in [0.1, 0.15) is 0 Å². The van der Waals surface area contributed by atoms with Gasteiger partial charge in [0.05, 0.1) is 0 Å². The van der Waals surface area contributed by atoms with Crippen LogP contribution < -0.4 is 5.32 Å². The number of nitrogens with zero attached hydrogens (tertiary/aromatic N) is 1. The van der Waals surface area contributed by atoms with Crippen LogP contribution in [0.3, 0.4) is 0 Å². The van der Waals surface area contributed by atoms with Gasteiger partial charge in [0.2, 0.25) is 0 Å². The molecule has 0 bridgehead atoms. The lowest BCUT2D eigenvalue weighted by atomic mass is 10.0. The van der Waals surface area contributed by atoms with E-state index in [0.717, 1.165) is 38.3 Å². The number of rotatable bonds is 9. The fourth-order valence-electron chi connectivity index (χ4n) is 2.64. The molecular weight excluding hydrogens is 224 g/mol. The normalized spacial score (nSPS) is 21.7.